The summed E-state index contributed by atoms with van der Waals surface area (Å²) in [6.07, 6.45) is 1.06. The van der Waals surface area contributed by atoms with Crippen LogP contribution < -0.4 is 0 Å². The Hall–Kier alpha value is -2.19. The van der Waals surface area contributed by atoms with Crippen LogP contribution in [0, 0.1) is 29.1 Å². The standard InChI is InChI=1S/C15H14F5NO3/c1-2-6-24-15(23)7-4-3-5-21(7)14(22)8-9(16)11(18)13(20)12(19)10(8)17/h7H,2-6H2,1H3. The summed E-state index contributed by atoms with van der Waals surface area (Å²) in [5.41, 5.74) is -1.57. The van der Waals surface area contributed by atoms with E-state index >= 15 is 0 Å². The third kappa shape index (κ3) is 3.07. The van der Waals surface area contributed by atoms with Gasteiger partial charge in [0, 0.05) is 6.54 Å². The molecule has 0 N–H and O–H groups in total. The number of hydrogen-bond donors (Lipinski definition) is 0. The minimum absolute atomic E-state index is 0.0514. The van der Waals surface area contributed by atoms with E-state index in [1.165, 1.54) is 0 Å². The predicted octanol–water partition coefficient (Wildman–Crippen LogP) is 2.94. The maximum atomic E-state index is 13.8. The molecule has 1 aromatic rings. The maximum Gasteiger partial charge on any atom is 0.328 e. The molecule has 9 heteroatoms. The number of amides is 1. The quantitative estimate of drug-likeness (QED) is 0.363. The summed E-state index contributed by atoms with van der Waals surface area (Å²) in [6, 6.07) is -1.11. The van der Waals surface area contributed by atoms with Gasteiger partial charge in [0.1, 0.15) is 11.6 Å². The highest BCUT2D eigenvalue weighted by Crippen LogP contribution is 2.27. The molecular formula is C15H14F5NO3. The molecule has 0 aliphatic carbocycles. The van der Waals surface area contributed by atoms with Gasteiger partial charge in [0.15, 0.2) is 23.3 Å². The number of carbonyl (C=O) groups is 2. The van der Waals surface area contributed by atoms with E-state index < -0.39 is 52.6 Å². The van der Waals surface area contributed by atoms with Gasteiger partial charge in [-0.05, 0) is 19.3 Å². The van der Waals surface area contributed by atoms with Gasteiger partial charge in [-0.15, -0.1) is 0 Å². The first-order chi connectivity index (χ1) is 11.3. The second-order valence-electron chi connectivity index (χ2n) is 5.27. The highest BCUT2D eigenvalue weighted by molar-refractivity contribution is 5.97. The van der Waals surface area contributed by atoms with Crippen LogP contribution >= 0.6 is 0 Å². The molecular weight excluding hydrogens is 337 g/mol. The first-order valence-corrected chi connectivity index (χ1v) is 7.30. The highest BCUT2D eigenvalue weighted by atomic mass is 19.2. The summed E-state index contributed by atoms with van der Waals surface area (Å²) in [4.78, 5) is 24.9. The Morgan fingerprint density at radius 2 is 1.58 bits per heavy atom. The van der Waals surface area contributed by atoms with E-state index in [-0.39, 0.29) is 19.6 Å². The summed E-state index contributed by atoms with van der Waals surface area (Å²) in [6.45, 7) is 1.80. The van der Waals surface area contributed by atoms with Crippen LogP contribution in [0.15, 0.2) is 0 Å². The van der Waals surface area contributed by atoms with Gasteiger partial charge in [-0.3, -0.25) is 4.79 Å². The Morgan fingerprint density at radius 1 is 1.04 bits per heavy atom. The molecule has 1 fully saturated rings. The highest BCUT2D eigenvalue weighted by Gasteiger charge is 2.39. The minimum atomic E-state index is -2.35. The van der Waals surface area contributed by atoms with Crippen molar-refractivity contribution < 1.29 is 36.3 Å². The van der Waals surface area contributed by atoms with Gasteiger partial charge in [-0.25, -0.2) is 26.7 Å². The normalized spacial score (nSPS) is 17.2. The largest absolute Gasteiger partial charge is 0.464 e. The molecule has 1 aromatic carbocycles. The molecule has 1 heterocycles. The summed E-state index contributed by atoms with van der Waals surface area (Å²) >= 11 is 0. The summed E-state index contributed by atoms with van der Waals surface area (Å²) in [7, 11) is 0. The van der Waals surface area contributed by atoms with Crippen molar-refractivity contribution >= 4 is 11.9 Å². The molecule has 0 saturated carbocycles. The van der Waals surface area contributed by atoms with Crippen LogP contribution in [0.25, 0.3) is 0 Å². The van der Waals surface area contributed by atoms with Gasteiger partial charge < -0.3 is 9.64 Å². The van der Waals surface area contributed by atoms with E-state index in [0.29, 0.717) is 12.8 Å². The zero-order valence-electron chi connectivity index (χ0n) is 12.7. The fraction of sp³-hybridized carbons (Fsp3) is 0.467. The molecule has 0 radical (unpaired) electrons. The van der Waals surface area contributed by atoms with Crippen LogP contribution in [0.4, 0.5) is 22.0 Å². The van der Waals surface area contributed by atoms with E-state index in [0.717, 1.165) is 4.90 Å². The molecule has 0 aromatic heterocycles. The fourth-order valence-electron chi connectivity index (χ4n) is 2.49. The van der Waals surface area contributed by atoms with Crippen molar-refractivity contribution in [3.8, 4) is 0 Å². The number of hydrogen-bond acceptors (Lipinski definition) is 3. The van der Waals surface area contributed by atoms with Gasteiger partial charge in [0.2, 0.25) is 5.82 Å². The van der Waals surface area contributed by atoms with E-state index in [2.05, 4.69) is 0 Å². The number of ether oxygens (including phenoxy) is 1. The number of likely N-dealkylation sites (tertiary alicyclic amines) is 1. The number of esters is 1. The van der Waals surface area contributed by atoms with Crippen LogP contribution in [0.2, 0.25) is 0 Å². The van der Waals surface area contributed by atoms with Gasteiger partial charge in [0.05, 0.1) is 6.61 Å². The Morgan fingerprint density at radius 3 is 2.12 bits per heavy atom. The summed E-state index contributed by atoms with van der Waals surface area (Å²) < 4.78 is 71.9. The number of nitrogens with zero attached hydrogens (tertiary/aromatic N) is 1. The number of rotatable bonds is 4. The monoisotopic (exact) mass is 351 g/mol. The van der Waals surface area contributed by atoms with Gasteiger partial charge >= 0.3 is 5.97 Å². The fourth-order valence-corrected chi connectivity index (χ4v) is 2.49. The SMILES string of the molecule is CCCOC(=O)C1CCCN1C(=O)c1c(F)c(F)c(F)c(F)c1F. The Bertz CT molecular complexity index is 651. The first kappa shape index (κ1) is 18.2. The van der Waals surface area contributed by atoms with E-state index in [4.69, 9.17) is 4.74 Å². The molecule has 0 bridgehead atoms. The number of carbonyl (C=O) groups excluding carboxylic acids is 2. The lowest BCUT2D eigenvalue weighted by Gasteiger charge is -2.23. The van der Waals surface area contributed by atoms with Crippen molar-refractivity contribution in [3.63, 3.8) is 0 Å². The zero-order chi connectivity index (χ0) is 18.0. The smallest absolute Gasteiger partial charge is 0.328 e. The van der Waals surface area contributed by atoms with Gasteiger partial charge in [-0.2, -0.15) is 0 Å². The molecule has 1 aliphatic heterocycles. The van der Waals surface area contributed by atoms with Crippen LogP contribution in [0.1, 0.15) is 36.5 Å². The predicted molar refractivity (Wildman–Crippen MR) is 71.5 cm³/mol. The van der Waals surface area contributed by atoms with Crippen molar-refractivity contribution in [2.45, 2.75) is 32.2 Å². The molecule has 1 amide bonds. The van der Waals surface area contributed by atoms with Crippen LogP contribution in [0.5, 0.6) is 0 Å². The molecule has 4 nitrogen and oxygen atoms in total. The summed E-state index contributed by atoms with van der Waals surface area (Å²) in [5.74, 6) is -13.4. The van der Waals surface area contributed by atoms with Crippen molar-refractivity contribution in [2.75, 3.05) is 13.2 Å². The van der Waals surface area contributed by atoms with Crippen molar-refractivity contribution in [1.29, 1.82) is 0 Å². The van der Waals surface area contributed by atoms with Gasteiger partial charge in [0.25, 0.3) is 5.91 Å². The number of benzene rings is 1. The van der Waals surface area contributed by atoms with Crippen LogP contribution in [-0.2, 0) is 9.53 Å². The molecule has 132 valence electrons. The van der Waals surface area contributed by atoms with Crippen molar-refractivity contribution in [1.82, 2.24) is 4.90 Å². The lowest BCUT2D eigenvalue weighted by Crippen LogP contribution is -2.42. The van der Waals surface area contributed by atoms with E-state index in [1.54, 1.807) is 6.92 Å². The number of halogens is 5. The molecule has 1 saturated heterocycles. The molecule has 1 aliphatic rings. The third-order valence-electron chi connectivity index (χ3n) is 3.66. The molecule has 0 spiro atoms. The van der Waals surface area contributed by atoms with Gasteiger partial charge in [-0.1, -0.05) is 6.92 Å². The summed E-state index contributed by atoms with van der Waals surface area (Å²) in [5, 5.41) is 0. The van der Waals surface area contributed by atoms with Crippen LogP contribution in [-0.4, -0.2) is 36.0 Å². The molecule has 1 atom stereocenters. The molecule has 1 unspecified atom stereocenters. The topological polar surface area (TPSA) is 46.6 Å². The zero-order valence-corrected chi connectivity index (χ0v) is 12.7. The second kappa shape index (κ2) is 7.14. The Balaban J connectivity index is 2.36. The van der Waals surface area contributed by atoms with Crippen molar-refractivity contribution in [3.05, 3.63) is 34.6 Å². The molecule has 2 rings (SSSR count). The third-order valence-corrected chi connectivity index (χ3v) is 3.66. The second-order valence-corrected chi connectivity index (χ2v) is 5.27. The lowest BCUT2D eigenvalue weighted by atomic mass is 10.1. The maximum absolute atomic E-state index is 13.8. The minimum Gasteiger partial charge on any atom is -0.464 e. The van der Waals surface area contributed by atoms with E-state index in [1.807, 2.05) is 0 Å². The average molecular weight is 351 g/mol. The van der Waals surface area contributed by atoms with E-state index in [9.17, 15) is 31.5 Å². The Labute approximate surface area is 134 Å². The lowest BCUT2D eigenvalue weighted by molar-refractivity contribution is -0.148. The molecule has 24 heavy (non-hydrogen) atoms. The average Bonchev–Trinajstić information content (AvgIpc) is 3.05. The first-order valence-electron chi connectivity index (χ1n) is 7.30. The van der Waals surface area contributed by atoms with Crippen molar-refractivity contribution in [2.24, 2.45) is 0 Å². The Kier molecular flexibility index (Phi) is 5.40. The van der Waals surface area contributed by atoms with Crippen LogP contribution in [0.3, 0.4) is 0 Å².